The molecule has 184 valence electrons. The van der Waals surface area contributed by atoms with E-state index in [1.54, 1.807) is 0 Å². The summed E-state index contributed by atoms with van der Waals surface area (Å²) in [5.74, 6) is 1.64. The van der Waals surface area contributed by atoms with Crippen molar-refractivity contribution in [2.75, 3.05) is 0 Å². The molecule has 2 atom stereocenters. The van der Waals surface area contributed by atoms with Gasteiger partial charge < -0.3 is 5.32 Å². The molecule has 0 bridgehead atoms. The molecular formula is C32H51N. The summed E-state index contributed by atoms with van der Waals surface area (Å²) in [5.41, 5.74) is 5.04. The van der Waals surface area contributed by atoms with Gasteiger partial charge in [0.15, 0.2) is 0 Å². The highest BCUT2D eigenvalue weighted by Crippen LogP contribution is 2.25. The van der Waals surface area contributed by atoms with E-state index in [4.69, 9.17) is 0 Å². The molecule has 1 aromatic carbocycles. The first kappa shape index (κ1) is 27.5. The van der Waals surface area contributed by atoms with Gasteiger partial charge in [-0.05, 0) is 66.9 Å². The van der Waals surface area contributed by atoms with Crippen LogP contribution in [0.4, 0.5) is 0 Å². The Hall–Kier alpha value is -1.76. The van der Waals surface area contributed by atoms with Crippen molar-refractivity contribution in [2.24, 2.45) is 11.8 Å². The lowest BCUT2D eigenvalue weighted by Crippen LogP contribution is -2.33. The molecule has 0 aromatic heterocycles. The number of nitrogens with one attached hydrogen (secondary N) is 1. The fourth-order valence-corrected chi connectivity index (χ4v) is 5.40. The summed E-state index contributed by atoms with van der Waals surface area (Å²) in [7, 11) is 0. The zero-order chi connectivity index (χ0) is 24.2. The van der Waals surface area contributed by atoms with Crippen LogP contribution in [-0.4, -0.2) is 6.04 Å². The molecule has 2 unspecified atom stereocenters. The highest BCUT2D eigenvalue weighted by Gasteiger charge is 2.16. The number of benzene rings is 1. The molecule has 1 nitrogen and oxygen atoms in total. The topological polar surface area (TPSA) is 12.0 Å². The second kappa shape index (κ2) is 14.5. The maximum absolute atomic E-state index is 4.35. The Morgan fingerprint density at radius 1 is 1.03 bits per heavy atom. The Bertz CT molecular complexity index is 868. The van der Waals surface area contributed by atoms with Gasteiger partial charge in [-0.3, -0.25) is 0 Å². The predicted octanol–water partition coefficient (Wildman–Crippen LogP) is 8.05. The third kappa shape index (κ3) is 8.51. The lowest BCUT2D eigenvalue weighted by atomic mass is 9.88. The van der Waals surface area contributed by atoms with Crippen LogP contribution in [0.2, 0.25) is 0 Å². The average molecular weight is 450 g/mol. The molecule has 0 amide bonds. The number of fused-ring (bicyclic) bond motifs is 1. The smallest absolute Gasteiger partial charge is 0.0345 e. The lowest BCUT2D eigenvalue weighted by Gasteiger charge is -2.25. The van der Waals surface area contributed by atoms with Crippen LogP contribution in [0, 0.1) is 18.8 Å². The van der Waals surface area contributed by atoms with Gasteiger partial charge in [0.1, 0.15) is 0 Å². The zero-order valence-electron chi connectivity index (χ0n) is 22.4. The van der Waals surface area contributed by atoms with Crippen LogP contribution in [0.5, 0.6) is 0 Å². The standard InChI is InChI=1S/C24H35N.C8H16/c1-7-11-17(3)18(4)16-22(8-2)25-20(6)23-15-14-21-12-9-10-13-24(21)19(23)5;1-2-8-6-4-3-5-7-8/h12-15,18,22,25H,3,6-11,16H2,1-2,4-5H3;8H,2-7H2,1H3. The van der Waals surface area contributed by atoms with Gasteiger partial charge >= 0.3 is 0 Å². The highest BCUT2D eigenvalue weighted by atomic mass is 14.9. The van der Waals surface area contributed by atoms with E-state index in [0.717, 1.165) is 43.7 Å². The molecule has 0 heterocycles. The van der Waals surface area contributed by atoms with Crippen molar-refractivity contribution < 1.29 is 0 Å². The van der Waals surface area contributed by atoms with E-state index in [9.17, 15) is 0 Å². The molecule has 2 aliphatic rings. The molecule has 1 fully saturated rings. The Kier molecular flexibility index (Phi) is 12.1. The maximum atomic E-state index is 4.35. The quantitative estimate of drug-likeness (QED) is 0.356. The number of rotatable bonds is 10. The Labute approximate surface area is 205 Å². The van der Waals surface area contributed by atoms with E-state index in [-0.39, 0.29) is 0 Å². The molecular weight excluding hydrogens is 398 g/mol. The van der Waals surface area contributed by atoms with Crippen molar-refractivity contribution in [3.05, 3.63) is 52.4 Å². The molecule has 0 saturated heterocycles. The van der Waals surface area contributed by atoms with E-state index in [0.29, 0.717) is 12.0 Å². The van der Waals surface area contributed by atoms with Gasteiger partial charge in [-0.15, -0.1) is 0 Å². The number of allylic oxidation sites excluding steroid dienone is 1. The first-order valence-electron chi connectivity index (χ1n) is 13.8. The summed E-state index contributed by atoms with van der Waals surface area (Å²) in [4.78, 5) is 0. The second-order valence-electron chi connectivity index (χ2n) is 10.4. The van der Waals surface area contributed by atoms with Gasteiger partial charge in [-0.25, -0.2) is 0 Å². The molecule has 3 rings (SSSR count). The molecule has 1 saturated carbocycles. The molecule has 1 heteroatoms. The highest BCUT2D eigenvalue weighted by molar-refractivity contribution is 5.66. The van der Waals surface area contributed by atoms with Gasteiger partial charge in [0, 0.05) is 17.3 Å². The first-order chi connectivity index (χ1) is 15.9. The van der Waals surface area contributed by atoms with Gasteiger partial charge in [0.05, 0.1) is 0 Å². The van der Waals surface area contributed by atoms with E-state index >= 15 is 0 Å². The minimum Gasteiger partial charge on any atom is -0.382 e. The molecule has 33 heavy (non-hydrogen) atoms. The first-order valence-corrected chi connectivity index (χ1v) is 13.8. The molecule has 0 radical (unpaired) electrons. The molecule has 0 aliphatic heterocycles. The predicted molar refractivity (Wildman–Crippen MR) is 150 cm³/mol. The van der Waals surface area contributed by atoms with Crippen molar-refractivity contribution in [1.82, 2.24) is 5.32 Å². The van der Waals surface area contributed by atoms with Crippen molar-refractivity contribution >= 4 is 17.8 Å². The third-order valence-corrected chi connectivity index (χ3v) is 7.83. The van der Waals surface area contributed by atoms with Crippen LogP contribution < -0.4 is 15.8 Å². The summed E-state index contributed by atoms with van der Waals surface area (Å²) in [5, 5.41) is 6.46. The number of hydrogen-bond acceptors (Lipinski definition) is 1. The average Bonchev–Trinajstić information content (AvgIpc) is 2.84. The zero-order valence-corrected chi connectivity index (χ0v) is 22.4. The van der Waals surface area contributed by atoms with Gasteiger partial charge in [0.2, 0.25) is 0 Å². The molecule has 0 spiro atoms. The van der Waals surface area contributed by atoms with Gasteiger partial charge in [0.25, 0.3) is 0 Å². The Morgan fingerprint density at radius 2 is 1.73 bits per heavy atom. The van der Waals surface area contributed by atoms with E-state index in [1.165, 1.54) is 72.1 Å². The second-order valence-corrected chi connectivity index (χ2v) is 10.4. The fraction of sp³-hybridized carbons (Fsp3) is 0.625. The molecule has 1 N–H and O–H groups in total. The van der Waals surface area contributed by atoms with E-state index < -0.39 is 0 Å². The minimum atomic E-state index is 0.446. The van der Waals surface area contributed by atoms with Crippen LogP contribution in [0.3, 0.4) is 0 Å². The molecule has 1 aromatic rings. The van der Waals surface area contributed by atoms with Crippen LogP contribution >= 0.6 is 0 Å². The van der Waals surface area contributed by atoms with Crippen molar-refractivity contribution in [1.29, 1.82) is 0 Å². The van der Waals surface area contributed by atoms with Crippen LogP contribution in [0.1, 0.15) is 116 Å². The summed E-state index contributed by atoms with van der Waals surface area (Å²) in [6, 6.07) is 4.92. The largest absolute Gasteiger partial charge is 0.382 e. The van der Waals surface area contributed by atoms with Gasteiger partial charge in [-0.1, -0.05) is 116 Å². The normalized spacial score (nSPS) is 17.4. The summed E-state index contributed by atoms with van der Waals surface area (Å²) in [6.07, 6.45) is 20.5. The van der Waals surface area contributed by atoms with Gasteiger partial charge in [-0.2, -0.15) is 0 Å². The SMILES string of the molecule is C=C(NC(CC)CC(C)C(=C)CCC)c1ccc2c(c1C)=CCCC=2.CCC1CCCCC1. The van der Waals surface area contributed by atoms with Crippen LogP contribution in [0.25, 0.3) is 17.8 Å². The van der Waals surface area contributed by atoms with Crippen molar-refractivity contribution in [3.63, 3.8) is 0 Å². The summed E-state index contributed by atoms with van der Waals surface area (Å²) in [6.45, 7) is 20.0. The van der Waals surface area contributed by atoms with Crippen molar-refractivity contribution in [3.8, 4) is 0 Å². The number of hydrogen-bond donors (Lipinski definition) is 1. The molecule has 2 aliphatic carbocycles. The fourth-order valence-electron chi connectivity index (χ4n) is 5.40. The monoisotopic (exact) mass is 449 g/mol. The maximum Gasteiger partial charge on any atom is 0.0345 e. The van der Waals surface area contributed by atoms with Crippen molar-refractivity contribution in [2.45, 2.75) is 118 Å². The Morgan fingerprint density at radius 3 is 2.33 bits per heavy atom. The van der Waals surface area contributed by atoms with E-state index in [1.807, 2.05) is 0 Å². The summed E-state index contributed by atoms with van der Waals surface area (Å²) < 4.78 is 0. The van der Waals surface area contributed by atoms with Crippen LogP contribution in [0.15, 0.2) is 30.9 Å². The minimum absolute atomic E-state index is 0.446. The summed E-state index contributed by atoms with van der Waals surface area (Å²) >= 11 is 0. The lowest BCUT2D eigenvalue weighted by molar-refractivity contribution is 0.349. The van der Waals surface area contributed by atoms with Crippen LogP contribution in [-0.2, 0) is 0 Å². The Balaban J connectivity index is 0.000000405. The van der Waals surface area contributed by atoms with E-state index in [2.05, 4.69) is 77.4 Å². The third-order valence-electron chi connectivity index (χ3n) is 7.83.